The molecular formula is C12H19N3O. The predicted molar refractivity (Wildman–Crippen MR) is 60.6 cm³/mol. The lowest BCUT2D eigenvalue weighted by atomic mass is 10.1. The van der Waals surface area contributed by atoms with Crippen molar-refractivity contribution in [2.45, 2.75) is 38.6 Å². The van der Waals surface area contributed by atoms with E-state index >= 15 is 0 Å². The van der Waals surface area contributed by atoms with E-state index in [4.69, 9.17) is 5.26 Å². The Morgan fingerprint density at radius 2 is 2.12 bits per heavy atom. The number of carbonyl (C=O) groups excluding carboxylic acids is 1. The summed E-state index contributed by atoms with van der Waals surface area (Å²) in [6.45, 7) is 5.21. The molecule has 1 heterocycles. The molecule has 1 N–H and O–H groups in total. The van der Waals surface area contributed by atoms with Gasteiger partial charge in [0.2, 0.25) is 5.91 Å². The van der Waals surface area contributed by atoms with Gasteiger partial charge < -0.3 is 10.2 Å². The van der Waals surface area contributed by atoms with Crippen LogP contribution in [-0.4, -0.2) is 36.5 Å². The van der Waals surface area contributed by atoms with Gasteiger partial charge in [0.15, 0.2) is 0 Å². The Balaban J connectivity index is 1.76. The van der Waals surface area contributed by atoms with Crippen LogP contribution in [-0.2, 0) is 4.79 Å². The first-order valence-electron chi connectivity index (χ1n) is 6.11. The fraction of sp³-hybridized carbons (Fsp3) is 0.833. The Bertz CT molecular complexity index is 311. The largest absolute Gasteiger partial charge is 0.351 e. The van der Waals surface area contributed by atoms with Crippen molar-refractivity contribution < 1.29 is 4.79 Å². The quantitative estimate of drug-likeness (QED) is 0.767. The molecule has 0 radical (unpaired) electrons. The molecule has 1 unspecified atom stereocenters. The van der Waals surface area contributed by atoms with Crippen LogP contribution < -0.4 is 5.32 Å². The number of nitrogens with one attached hydrogen (secondary N) is 1. The molecule has 4 nitrogen and oxygen atoms in total. The maximum atomic E-state index is 11.8. The van der Waals surface area contributed by atoms with Crippen LogP contribution in [0.15, 0.2) is 0 Å². The van der Waals surface area contributed by atoms with E-state index in [0.29, 0.717) is 0 Å². The molecule has 0 aromatic carbocycles. The minimum absolute atomic E-state index is 0.0679. The highest BCUT2D eigenvalue weighted by atomic mass is 16.2. The van der Waals surface area contributed by atoms with Crippen molar-refractivity contribution in [3.8, 4) is 6.07 Å². The van der Waals surface area contributed by atoms with Crippen LogP contribution >= 0.6 is 0 Å². The van der Waals surface area contributed by atoms with Crippen LogP contribution in [0.4, 0.5) is 0 Å². The second kappa shape index (κ2) is 4.42. The molecule has 2 aliphatic rings. The van der Waals surface area contributed by atoms with E-state index in [1.165, 1.54) is 12.8 Å². The monoisotopic (exact) mass is 221 g/mol. The minimum atomic E-state index is -0.681. The van der Waals surface area contributed by atoms with Crippen LogP contribution in [0.5, 0.6) is 0 Å². The molecule has 1 aliphatic heterocycles. The van der Waals surface area contributed by atoms with Gasteiger partial charge in [-0.1, -0.05) is 0 Å². The number of likely N-dealkylation sites (tertiary alicyclic amines) is 1. The number of nitriles is 1. The van der Waals surface area contributed by atoms with E-state index < -0.39 is 5.41 Å². The number of rotatable bonds is 4. The van der Waals surface area contributed by atoms with Gasteiger partial charge in [-0.05, 0) is 45.7 Å². The molecule has 2 rings (SSSR count). The lowest BCUT2D eigenvalue weighted by Gasteiger charge is -2.22. The Morgan fingerprint density at radius 3 is 2.62 bits per heavy atom. The van der Waals surface area contributed by atoms with Gasteiger partial charge in [-0.2, -0.15) is 5.26 Å². The van der Waals surface area contributed by atoms with Gasteiger partial charge in [0.25, 0.3) is 0 Å². The van der Waals surface area contributed by atoms with E-state index in [0.717, 1.165) is 32.5 Å². The first kappa shape index (κ1) is 11.4. The van der Waals surface area contributed by atoms with Crippen molar-refractivity contribution in [2.75, 3.05) is 19.6 Å². The lowest BCUT2D eigenvalue weighted by Crippen LogP contribution is -2.43. The molecule has 0 spiro atoms. The standard InChI is InChI=1S/C12H19N3O/c1-10(8-15-6-2-3-7-15)14-11(16)12(9-13)4-5-12/h10H,2-8H2,1H3,(H,14,16). The minimum Gasteiger partial charge on any atom is -0.351 e. The third kappa shape index (κ3) is 2.35. The number of hydrogen-bond donors (Lipinski definition) is 1. The smallest absolute Gasteiger partial charge is 0.240 e. The van der Waals surface area contributed by atoms with Crippen LogP contribution in [0, 0.1) is 16.7 Å². The number of carbonyl (C=O) groups is 1. The summed E-state index contributed by atoms with van der Waals surface area (Å²) in [5, 5.41) is 11.9. The molecule has 1 atom stereocenters. The van der Waals surface area contributed by atoms with Crippen molar-refractivity contribution >= 4 is 5.91 Å². The van der Waals surface area contributed by atoms with Gasteiger partial charge in [-0.15, -0.1) is 0 Å². The van der Waals surface area contributed by atoms with Crippen molar-refractivity contribution in [3.05, 3.63) is 0 Å². The van der Waals surface area contributed by atoms with Gasteiger partial charge in [-0.3, -0.25) is 4.79 Å². The third-order valence-electron chi connectivity index (χ3n) is 3.51. The van der Waals surface area contributed by atoms with Crippen LogP contribution in [0.1, 0.15) is 32.6 Å². The highest BCUT2D eigenvalue weighted by Gasteiger charge is 2.50. The summed E-state index contributed by atoms with van der Waals surface area (Å²) in [4.78, 5) is 14.2. The Kier molecular flexibility index (Phi) is 3.15. The van der Waals surface area contributed by atoms with E-state index in [2.05, 4.69) is 16.3 Å². The van der Waals surface area contributed by atoms with Crippen molar-refractivity contribution in [1.29, 1.82) is 5.26 Å². The van der Waals surface area contributed by atoms with Gasteiger partial charge in [0.05, 0.1) is 6.07 Å². The third-order valence-corrected chi connectivity index (χ3v) is 3.51. The average Bonchev–Trinajstić information content (AvgIpc) is 2.91. The van der Waals surface area contributed by atoms with Gasteiger partial charge in [-0.25, -0.2) is 0 Å². The molecule has 1 saturated heterocycles. The summed E-state index contributed by atoms with van der Waals surface area (Å²) in [6, 6.07) is 2.28. The summed E-state index contributed by atoms with van der Waals surface area (Å²) in [7, 11) is 0. The SMILES string of the molecule is CC(CN1CCCC1)NC(=O)C1(C#N)CC1. The number of amides is 1. The van der Waals surface area contributed by atoms with Gasteiger partial charge >= 0.3 is 0 Å². The van der Waals surface area contributed by atoms with Crippen LogP contribution in [0.2, 0.25) is 0 Å². The summed E-state index contributed by atoms with van der Waals surface area (Å²) in [5.74, 6) is -0.0679. The van der Waals surface area contributed by atoms with Crippen molar-refractivity contribution in [3.63, 3.8) is 0 Å². The van der Waals surface area contributed by atoms with Gasteiger partial charge in [0, 0.05) is 12.6 Å². The van der Waals surface area contributed by atoms with E-state index in [-0.39, 0.29) is 11.9 Å². The maximum Gasteiger partial charge on any atom is 0.240 e. The van der Waals surface area contributed by atoms with Crippen molar-refractivity contribution in [1.82, 2.24) is 10.2 Å². The average molecular weight is 221 g/mol. The zero-order chi connectivity index (χ0) is 11.6. The molecular weight excluding hydrogens is 202 g/mol. The molecule has 4 heteroatoms. The van der Waals surface area contributed by atoms with E-state index in [1.807, 2.05) is 6.92 Å². The second-order valence-electron chi connectivity index (χ2n) is 5.08. The Labute approximate surface area is 96.6 Å². The first-order valence-corrected chi connectivity index (χ1v) is 6.11. The zero-order valence-electron chi connectivity index (χ0n) is 9.83. The normalized spacial score (nSPS) is 24.8. The van der Waals surface area contributed by atoms with E-state index in [9.17, 15) is 4.79 Å². The molecule has 16 heavy (non-hydrogen) atoms. The molecule has 0 aromatic heterocycles. The topological polar surface area (TPSA) is 56.1 Å². The maximum absolute atomic E-state index is 11.8. The molecule has 1 saturated carbocycles. The lowest BCUT2D eigenvalue weighted by molar-refractivity contribution is -0.125. The highest BCUT2D eigenvalue weighted by Crippen LogP contribution is 2.45. The zero-order valence-corrected chi connectivity index (χ0v) is 9.83. The Morgan fingerprint density at radius 1 is 1.50 bits per heavy atom. The summed E-state index contributed by atoms with van der Waals surface area (Å²) in [6.07, 6.45) is 3.99. The second-order valence-corrected chi connectivity index (χ2v) is 5.08. The summed E-state index contributed by atoms with van der Waals surface area (Å²) in [5.41, 5.74) is -0.681. The van der Waals surface area contributed by atoms with Crippen molar-refractivity contribution in [2.24, 2.45) is 5.41 Å². The first-order chi connectivity index (χ1) is 7.66. The number of hydrogen-bond acceptors (Lipinski definition) is 3. The predicted octanol–water partition coefficient (Wildman–Crippen LogP) is 0.891. The Hall–Kier alpha value is -1.08. The van der Waals surface area contributed by atoms with Gasteiger partial charge in [0.1, 0.15) is 5.41 Å². The molecule has 88 valence electrons. The summed E-state index contributed by atoms with van der Waals surface area (Å²) < 4.78 is 0. The molecule has 1 aliphatic carbocycles. The molecule has 2 fully saturated rings. The molecule has 0 bridgehead atoms. The fourth-order valence-electron chi connectivity index (χ4n) is 2.27. The fourth-order valence-corrected chi connectivity index (χ4v) is 2.27. The van der Waals surface area contributed by atoms with E-state index in [1.54, 1.807) is 0 Å². The van der Waals surface area contributed by atoms with Crippen LogP contribution in [0.25, 0.3) is 0 Å². The number of nitrogens with zero attached hydrogens (tertiary/aromatic N) is 2. The molecule has 0 aromatic rings. The molecule has 1 amide bonds. The van der Waals surface area contributed by atoms with Crippen LogP contribution in [0.3, 0.4) is 0 Å². The highest BCUT2D eigenvalue weighted by molar-refractivity contribution is 5.88. The summed E-state index contributed by atoms with van der Waals surface area (Å²) >= 11 is 0.